The lowest BCUT2D eigenvalue weighted by Gasteiger charge is -2.58. The van der Waals surface area contributed by atoms with Gasteiger partial charge in [-0.05, 0) is 338 Å². The minimum Gasteiger partial charge on any atom is -0.481 e. The first-order valence-electron chi connectivity index (χ1n) is 54.4. The number of carboxylic acids is 1. The van der Waals surface area contributed by atoms with Crippen molar-refractivity contribution in [2.45, 2.75) is 334 Å². The summed E-state index contributed by atoms with van der Waals surface area (Å²) in [5, 5.41) is 20.2. The number of hydrogen-bond donors (Lipinski definition) is 6. The quantitative estimate of drug-likeness (QED) is 0.0243. The molecule has 4 amide bonds. The molecule has 7 N–H and O–H groups in total. The normalized spacial score (nSPS) is 30.0. The van der Waals surface area contributed by atoms with Crippen molar-refractivity contribution in [3.63, 3.8) is 0 Å². The molecule has 808 valence electrons. The van der Waals surface area contributed by atoms with Crippen LogP contribution < -0.4 is 27.0 Å². The number of amides is 4. The number of rotatable bonds is 53. The first-order chi connectivity index (χ1) is 67.6. The van der Waals surface area contributed by atoms with Gasteiger partial charge in [0.15, 0.2) is 17.3 Å². The summed E-state index contributed by atoms with van der Waals surface area (Å²) in [6, 6.07) is 0. The molecular formula is C111H183N5O23S3. The van der Waals surface area contributed by atoms with E-state index >= 15 is 0 Å². The van der Waals surface area contributed by atoms with Crippen molar-refractivity contribution in [3.05, 3.63) is 31.4 Å². The third-order valence-electron chi connectivity index (χ3n) is 34.2. The average molecular weight is 2050 g/mol. The van der Waals surface area contributed by atoms with E-state index in [1.54, 1.807) is 44.3 Å². The van der Waals surface area contributed by atoms with Crippen LogP contribution in [0.25, 0.3) is 0 Å². The van der Waals surface area contributed by atoms with E-state index in [1.165, 1.54) is 47.7 Å². The molecule has 0 aromatic heterocycles. The molecule has 12 aliphatic carbocycles. The van der Waals surface area contributed by atoms with Crippen LogP contribution in [0, 0.1) is 104 Å². The first kappa shape index (κ1) is 120. The second kappa shape index (κ2) is 58.3. The fourth-order valence-corrected chi connectivity index (χ4v) is 31.1. The highest BCUT2D eigenvalue weighted by Crippen LogP contribution is 2.71. The molecule has 0 radical (unpaired) electrons. The van der Waals surface area contributed by atoms with Crippen molar-refractivity contribution in [2.24, 2.45) is 109 Å². The zero-order chi connectivity index (χ0) is 103. The van der Waals surface area contributed by atoms with Gasteiger partial charge in [-0.25, -0.2) is 9.59 Å². The Bertz CT molecular complexity index is 4210. The van der Waals surface area contributed by atoms with Crippen LogP contribution in [-0.4, -0.2) is 243 Å². The Labute approximate surface area is 862 Å². The molecule has 12 rings (SSSR count). The molecule has 0 spiro atoms. The molecule has 0 aromatic carbocycles. The molecule has 142 heavy (non-hydrogen) atoms. The van der Waals surface area contributed by atoms with Crippen LogP contribution >= 0.6 is 35.3 Å². The average Bonchev–Trinajstić information content (AvgIpc) is 1.46. The number of fused-ring (bicyclic) bond motifs is 15. The van der Waals surface area contributed by atoms with Gasteiger partial charge in [0.2, 0.25) is 11.8 Å². The van der Waals surface area contributed by atoms with Gasteiger partial charge in [-0.1, -0.05) is 54.9 Å². The summed E-state index contributed by atoms with van der Waals surface area (Å²) in [5.41, 5.74) is 9.14. The molecule has 0 bridgehead atoms. The fourth-order valence-electron chi connectivity index (χ4n) is 27.3. The number of ketones is 6. The van der Waals surface area contributed by atoms with Gasteiger partial charge in [0.25, 0.3) is 0 Å². The molecule has 9 fully saturated rings. The number of nitrogens with two attached hydrogens (primary N) is 1. The van der Waals surface area contributed by atoms with Crippen LogP contribution in [0.4, 0.5) is 9.59 Å². The van der Waals surface area contributed by atoms with Gasteiger partial charge in [-0.3, -0.25) is 43.2 Å². The largest absolute Gasteiger partial charge is 0.481 e. The van der Waals surface area contributed by atoms with Gasteiger partial charge >= 0.3 is 18.2 Å². The third-order valence-corrected chi connectivity index (χ3v) is 37.7. The van der Waals surface area contributed by atoms with Crippen LogP contribution in [0.15, 0.2) is 31.4 Å². The van der Waals surface area contributed by atoms with Gasteiger partial charge < -0.3 is 84.2 Å². The number of carbonyl (C=O) groups excluding carboxylic acids is 10. The molecule has 18 atom stereocenters. The number of hydrogen-bond acceptors (Lipinski definition) is 26. The lowest BCUT2D eigenvalue weighted by Crippen LogP contribution is -2.51. The van der Waals surface area contributed by atoms with E-state index < -0.39 is 23.3 Å². The maximum absolute atomic E-state index is 13.2. The molecule has 0 heterocycles. The molecule has 0 saturated heterocycles. The van der Waals surface area contributed by atoms with E-state index in [9.17, 15) is 52.7 Å². The Kier molecular flexibility index (Phi) is 49.4. The van der Waals surface area contributed by atoms with Gasteiger partial charge in [-0.2, -0.15) is 0 Å². The highest BCUT2D eigenvalue weighted by Gasteiger charge is 2.64. The van der Waals surface area contributed by atoms with Crippen molar-refractivity contribution < 1.29 is 110 Å². The number of Topliss-reactive ketones (excluding diaryl/α,β-unsaturated/α-hetero) is 6. The zero-order valence-electron chi connectivity index (χ0n) is 89.7. The van der Waals surface area contributed by atoms with Crippen molar-refractivity contribution in [3.8, 4) is 0 Å². The number of unbranched alkanes of at least 4 members (excludes halogenated alkanes) is 1. The second-order valence-electron chi connectivity index (χ2n) is 45.6. The predicted octanol–water partition coefficient (Wildman–Crippen LogP) is 19.3. The zero-order valence-corrected chi connectivity index (χ0v) is 92.1. The summed E-state index contributed by atoms with van der Waals surface area (Å²) >= 11 is 4.67. The summed E-state index contributed by atoms with van der Waals surface area (Å²) in [4.78, 5) is 138. The van der Waals surface area contributed by atoms with Crippen LogP contribution in [-0.2, 0) is 95.3 Å². The Morgan fingerprint density at radius 1 is 0.352 bits per heavy atom. The number of ether oxygens (including phenoxy) is 11. The number of carbonyl (C=O) groups is 11. The Balaban J connectivity index is 0.000000220. The summed E-state index contributed by atoms with van der Waals surface area (Å²) < 4.78 is 59.4. The highest BCUT2D eigenvalue weighted by molar-refractivity contribution is 8.04. The number of aliphatic carboxylic acids is 1. The Hall–Kier alpha value is -5.16. The van der Waals surface area contributed by atoms with E-state index in [0.29, 0.717) is 258 Å². The van der Waals surface area contributed by atoms with E-state index in [4.69, 9.17) is 62.9 Å². The summed E-state index contributed by atoms with van der Waals surface area (Å²) in [6.45, 7) is 44.5. The summed E-state index contributed by atoms with van der Waals surface area (Å²) in [7, 11) is 0. The fraction of sp³-hybridized carbons (Fsp3) is 0.847. The predicted molar refractivity (Wildman–Crippen MR) is 558 cm³/mol. The molecule has 12 unspecified atom stereocenters. The number of alkyl carbamates (subject to hydrolysis) is 2. The molecule has 0 aliphatic heterocycles. The number of thioether (sulfide) groups is 3. The highest BCUT2D eigenvalue weighted by atomic mass is 32.2. The number of nitrogens with one attached hydrogen (secondary N) is 4. The van der Waals surface area contributed by atoms with Gasteiger partial charge in [-0.15, -0.1) is 35.3 Å². The molecule has 9 saturated carbocycles. The summed E-state index contributed by atoms with van der Waals surface area (Å²) in [5.74, 6) is 8.95. The minimum absolute atomic E-state index is 0.00890. The molecule has 12 aliphatic rings. The molecule has 31 heteroatoms. The van der Waals surface area contributed by atoms with Crippen molar-refractivity contribution in [1.82, 2.24) is 21.3 Å². The SMILES string of the molecule is CC(=O)C1CCC2C3CCC4=C(SCCC(=O)NCCCOCCOCCOCCCNC(=O)OC(C)(C)C)C(=O)CC[C@]4(C)C3CC[C@]12C.CC(=O)C1CCC2C3CCC4=C(SCCC(=O)NCOCCOCCOCCCN)C(=O)CC[C@]4(C)C3CC[C@]12C.CC(=O)C1CCC2C3CCC4=C(SCCC(=O)O)C(=O)CC[C@]4(C)C3CC[C@]12C.CCCCOCCOCCOCCCNC(=O)OC(C)(C)C. The second-order valence-corrected chi connectivity index (χ2v) is 48.9. The topological polar surface area (TPSA) is 384 Å². The van der Waals surface area contributed by atoms with Crippen LogP contribution in [0.5, 0.6) is 0 Å². The first-order valence-corrected chi connectivity index (χ1v) is 57.4. The lowest BCUT2D eigenvalue weighted by atomic mass is 9.46. The maximum Gasteiger partial charge on any atom is 0.407 e. The van der Waals surface area contributed by atoms with E-state index in [0.717, 1.165) is 169 Å². The Morgan fingerprint density at radius 3 is 0.944 bits per heavy atom. The number of carboxylic acid groups (broad SMARTS) is 1. The third kappa shape index (κ3) is 33.9. The molecule has 0 aromatic rings. The van der Waals surface area contributed by atoms with Crippen LogP contribution in [0.2, 0.25) is 0 Å². The molecule has 28 nitrogen and oxygen atoms in total. The molecular weight excluding hydrogens is 1870 g/mol. The van der Waals surface area contributed by atoms with Gasteiger partial charge in [0, 0.05) is 120 Å². The number of allylic oxidation sites excluding steroid dienone is 3. The van der Waals surface area contributed by atoms with Crippen molar-refractivity contribution in [2.75, 3.05) is 162 Å². The Morgan fingerprint density at radius 2 is 0.641 bits per heavy atom. The van der Waals surface area contributed by atoms with Crippen molar-refractivity contribution >= 4 is 100.0 Å². The van der Waals surface area contributed by atoms with E-state index in [1.807, 2.05) is 41.5 Å². The van der Waals surface area contributed by atoms with Crippen LogP contribution in [0.1, 0.15) is 323 Å². The smallest absolute Gasteiger partial charge is 0.407 e. The van der Waals surface area contributed by atoms with E-state index in [-0.39, 0.29) is 98.7 Å². The summed E-state index contributed by atoms with van der Waals surface area (Å²) in [6.07, 6.45) is 29.7. The van der Waals surface area contributed by atoms with Gasteiger partial charge in [0.05, 0.1) is 100 Å². The van der Waals surface area contributed by atoms with E-state index in [2.05, 4.69) is 69.7 Å². The standard InChI is InChI=1S/C39H64N2O8S.C32H52N2O6S.C24H34O4S.C16H33NO5/c1-27(42)29-11-12-30-28-9-10-32-35(33(43)14-17-39(32,6)31(28)13-16-38(29,30)5)50-26-15-34(44)40-18-7-20-46-22-24-48-25-23-47-21-8-19-41-36(45)49-37(2,3)4;1-22(35)24-7-8-25-23-5-6-27-30(28(36)10-13-32(27,3)26(23)9-12-31(24,25)2)41-20-11-29(37)34-21-40-19-18-39-17-16-38-15-4-14-33;1-14(25)16-6-7-17-15-4-5-19-22(29-13-10-21(27)28)20(26)9-12-24(19,3)18(15)8-11-23(16,17)2;1-5-6-9-19-11-13-21-14-12-20-10-7-8-17-15(18)22-16(2,3)4/h28-31H,7-26H2,1-6H3,(H,40,44)(H,41,45);23-26H,4-21,33H2,1-3H3,(H,34,37);15-18H,4-13H2,1-3H3,(H,27,28);5-14H2,1-4H3,(H,17,18)/t28?,29?,30?,31?,38-,39-;23?,24?,25?,26?,31-,32-;15?,16?,17?,18?,23-,24-;/m111./s1. The monoisotopic (exact) mass is 2050 g/mol. The van der Waals surface area contributed by atoms with Gasteiger partial charge in [0.1, 0.15) is 35.3 Å². The lowest BCUT2D eigenvalue weighted by molar-refractivity contribution is -0.136. The van der Waals surface area contributed by atoms with Crippen molar-refractivity contribution in [1.29, 1.82) is 0 Å². The van der Waals surface area contributed by atoms with Crippen LogP contribution in [0.3, 0.4) is 0 Å². The maximum atomic E-state index is 13.2. The minimum atomic E-state index is -0.800.